The molecule has 100 valence electrons. The quantitative estimate of drug-likeness (QED) is 0.536. The van der Waals surface area contributed by atoms with Gasteiger partial charge in [0.15, 0.2) is 0 Å². The van der Waals surface area contributed by atoms with Gasteiger partial charge in [-0.25, -0.2) is 0 Å². The van der Waals surface area contributed by atoms with Crippen molar-refractivity contribution in [3.63, 3.8) is 0 Å². The van der Waals surface area contributed by atoms with E-state index in [2.05, 4.69) is 6.07 Å². The van der Waals surface area contributed by atoms with Crippen molar-refractivity contribution in [2.45, 2.75) is 6.92 Å². The van der Waals surface area contributed by atoms with Gasteiger partial charge in [0.25, 0.3) is 0 Å². The predicted molar refractivity (Wildman–Crippen MR) is 87.4 cm³/mol. The maximum absolute atomic E-state index is 9.89. The molecule has 20 heavy (non-hydrogen) atoms. The summed E-state index contributed by atoms with van der Waals surface area (Å²) in [6, 6.07) is 18.8. The monoisotopic (exact) mass is 299 g/mol. The van der Waals surface area contributed by atoms with Crippen molar-refractivity contribution in [3.8, 4) is 6.07 Å². The summed E-state index contributed by atoms with van der Waals surface area (Å²) in [5.74, 6) is 0.00328. The molecule has 1 N–H and O–H groups in total. The van der Waals surface area contributed by atoms with Gasteiger partial charge in [0.1, 0.15) is 17.1 Å². The van der Waals surface area contributed by atoms with Gasteiger partial charge in [-0.2, -0.15) is 5.26 Å². The van der Waals surface area contributed by atoms with Gasteiger partial charge in [-0.1, -0.05) is 72.5 Å². The van der Waals surface area contributed by atoms with Gasteiger partial charge in [-0.05, 0) is 17.5 Å². The van der Waals surface area contributed by atoms with E-state index in [0.717, 1.165) is 10.6 Å². The highest BCUT2D eigenvalue weighted by atomic mass is 32.4. The Bertz CT molecular complexity index is 670. The summed E-state index contributed by atoms with van der Waals surface area (Å²) < 4.78 is 0. The first-order valence-corrected chi connectivity index (χ1v) is 8.92. The first kappa shape index (κ1) is 14.5. The number of allylic oxidation sites excluding steroid dienone is 2. The van der Waals surface area contributed by atoms with Crippen LogP contribution in [0.3, 0.4) is 0 Å². The fourth-order valence-corrected chi connectivity index (χ4v) is 5.91. The third kappa shape index (κ3) is 2.54. The molecule has 0 radical (unpaired) electrons. The molecule has 0 saturated heterocycles. The van der Waals surface area contributed by atoms with E-state index in [0.29, 0.717) is 5.31 Å². The molecule has 0 heterocycles. The minimum Gasteiger partial charge on any atom is -0.511 e. The zero-order chi connectivity index (χ0) is 14.6. The lowest BCUT2D eigenvalue weighted by molar-refractivity contribution is 0.413. The third-order valence-electron chi connectivity index (χ3n) is 3.00. The van der Waals surface area contributed by atoms with Crippen LogP contribution in [-0.4, -0.2) is 5.11 Å². The molecular formula is C16H14NOPS. The topological polar surface area (TPSA) is 44.0 Å². The van der Waals surface area contributed by atoms with Gasteiger partial charge < -0.3 is 5.11 Å². The lowest BCUT2D eigenvalue weighted by Gasteiger charge is -2.23. The lowest BCUT2D eigenvalue weighted by atomic mass is 10.4. The number of aliphatic hydroxyl groups is 1. The van der Waals surface area contributed by atoms with E-state index < -0.39 is 6.04 Å². The normalized spacial score (nSPS) is 12.4. The molecule has 2 aromatic rings. The first-order chi connectivity index (χ1) is 9.60. The Morgan fingerprint density at radius 2 is 1.40 bits per heavy atom. The maximum atomic E-state index is 9.89. The van der Waals surface area contributed by atoms with Gasteiger partial charge in [-0.3, -0.25) is 0 Å². The van der Waals surface area contributed by atoms with Crippen molar-refractivity contribution in [1.82, 2.24) is 0 Å². The van der Waals surface area contributed by atoms with Gasteiger partial charge in [0, 0.05) is 0 Å². The number of aliphatic hydroxyl groups excluding tert-OH is 1. The van der Waals surface area contributed by atoms with Crippen LogP contribution in [0.25, 0.3) is 0 Å². The molecule has 0 aliphatic rings. The number of rotatable bonds is 3. The average Bonchev–Trinajstić information content (AvgIpc) is 2.49. The van der Waals surface area contributed by atoms with Crippen LogP contribution in [0, 0.1) is 11.3 Å². The van der Waals surface area contributed by atoms with Crippen molar-refractivity contribution in [2.24, 2.45) is 0 Å². The Balaban J connectivity index is 2.79. The summed E-state index contributed by atoms with van der Waals surface area (Å²) in [7, 11) is 0. The molecule has 0 amide bonds. The Morgan fingerprint density at radius 3 is 1.70 bits per heavy atom. The Morgan fingerprint density at radius 1 is 1.00 bits per heavy atom. The Labute approximate surface area is 124 Å². The van der Waals surface area contributed by atoms with Crippen LogP contribution in [0.2, 0.25) is 0 Å². The number of benzene rings is 2. The molecule has 0 spiro atoms. The zero-order valence-electron chi connectivity index (χ0n) is 11.0. The molecular weight excluding hydrogens is 285 g/mol. The van der Waals surface area contributed by atoms with Gasteiger partial charge >= 0.3 is 0 Å². The molecule has 0 atom stereocenters. The number of hydrogen-bond donors (Lipinski definition) is 1. The summed E-state index contributed by atoms with van der Waals surface area (Å²) >= 11 is 5.90. The van der Waals surface area contributed by atoms with E-state index in [1.165, 1.54) is 6.92 Å². The summed E-state index contributed by atoms with van der Waals surface area (Å²) in [6.07, 6.45) is 0. The molecule has 0 aliphatic carbocycles. The second-order valence-electron chi connectivity index (χ2n) is 4.33. The van der Waals surface area contributed by atoms with E-state index in [-0.39, 0.29) is 5.76 Å². The van der Waals surface area contributed by atoms with Gasteiger partial charge in [0.05, 0.1) is 6.04 Å². The molecule has 2 nitrogen and oxygen atoms in total. The molecule has 4 heteroatoms. The van der Waals surface area contributed by atoms with E-state index in [1.807, 2.05) is 60.7 Å². The first-order valence-electron chi connectivity index (χ1n) is 6.12. The highest BCUT2D eigenvalue weighted by molar-refractivity contribution is 8.24. The van der Waals surface area contributed by atoms with Gasteiger partial charge in [0.2, 0.25) is 0 Å². The summed E-state index contributed by atoms with van der Waals surface area (Å²) in [6.45, 7) is 1.52. The van der Waals surface area contributed by atoms with Crippen molar-refractivity contribution in [1.29, 1.82) is 5.26 Å². The van der Waals surface area contributed by atoms with Crippen LogP contribution in [0.4, 0.5) is 0 Å². The second kappa shape index (κ2) is 6.05. The standard InChI is InChI=1S/C16H14NOPS/c1-13(18)16(12-17)19(20,14-8-4-2-5-9-14)15-10-6-3-7-11-15/h2-11,18H,1H3. The third-order valence-corrected chi connectivity index (χ3v) is 7.92. The van der Waals surface area contributed by atoms with Crippen LogP contribution in [0.15, 0.2) is 71.7 Å². The molecule has 2 rings (SSSR count). The van der Waals surface area contributed by atoms with Gasteiger partial charge in [-0.15, -0.1) is 0 Å². The minimum atomic E-state index is -2.49. The van der Waals surface area contributed by atoms with Crippen LogP contribution < -0.4 is 10.6 Å². The second-order valence-corrected chi connectivity index (χ2v) is 8.67. The van der Waals surface area contributed by atoms with Crippen molar-refractivity contribution < 1.29 is 5.11 Å². The summed E-state index contributed by atoms with van der Waals surface area (Å²) in [4.78, 5) is 0. The minimum absolute atomic E-state index is 0.00328. The summed E-state index contributed by atoms with van der Waals surface area (Å²) in [5, 5.41) is 21.4. The van der Waals surface area contributed by atoms with Crippen LogP contribution in [0.5, 0.6) is 0 Å². The fraction of sp³-hybridized carbons (Fsp3) is 0.0625. The molecule has 0 saturated carbocycles. The van der Waals surface area contributed by atoms with E-state index in [9.17, 15) is 10.4 Å². The highest BCUT2D eigenvalue weighted by Gasteiger charge is 2.29. The van der Waals surface area contributed by atoms with Crippen LogP contribution in [0.1, 0.15) is 6.92 Å². The average molecular weight is 299 g/mol. The van der Waals surface area contributed by atoms with Crippen molar-refractivity contribution >= 4 is 28.5 Å². The molecule has 0 aromatic heterocycles. The predicted octanol–water partition coefficient (Wildman–Crippen LogP) is 3.43. The van der Waals surface area contributed by atoms with Crippen molar-refractivity contribution in [3.05, 3.63) is 71.7 Å². The van der Waals surface area contributed by atoms with E-state index in [4.69, 9.17) is 11.8 Å². The summed E-state index contributed by atoms with van der Waals surface area (Å²) in [5.41, 5.74) is 0. The fourth-order valence-electron chi connectivity index (χ4n) is 2.06. The Kier molecular flexibility index (Phi) is 4.39. The lowest BCUT2D eigenvalue weighted by Crippen LogP contribution is -2.17. The van der Waals surface area contributed by atoms with Crippen molar-refractivity contribution in [2.75, 3.05) is 0 Å². The molecule has 0 aliphatic heterocycles. The number of hydrogen-bond acceptors (Lipinski definition) is 3. The zero-order valence-corrected chi connectivity index (χ0v) is 12.7. The Hall–Kier alpha value is -1.88. The molecule has 2 aromatic carbocycles. The van der Waals surface area contributed by atoms with E-state index in [1.54, 1.807) is 0 Å². The van der Waals surface area contributed by atoms with Crippen LogP contribution >= 0.6 is 6.04 Å². The maximum Gasteiger partial charge on any atom is 0.109 e. The van der Waals surface area contributed by atoms with Crippen LogP contribution in [-0.2, 0) is 11.8 Å². The largest absolute Gasteiger partial charge is 0.511 e. The highest BCUT2D eigenvalue weighted by Crippen LogP contribution is 2.52. The van der Waals surface area contributed by atoms with E-state index >= 15 is 0 Å². The smallest absolute Gasteiger partial charge is 0.109 e. The molecule has 0 unspecified atom stereocenters. The SMILES string of the molecule is CC(O)=C(C#N)P(=S)(c1ccccc1)c1ccccc1. The number of nitriles is 1. The molecule has 0 fully saturated rings. The number of nitrogens with zero attached hydrogens (tertiary/aromatic N) is 1. The molecule has 0 bridgehead atoms.